The number of aromatic nitrogens is 1. The van der Waals surface area contributed by atoms with Crippen molar-refractivity contribution in [3.8, 4) is 11.8 Å². The van der Waals surface area contributed by atoms with E-state index in [9.17, 15) is 13.2 Å². The van der Waals surface area contributed by atoms with Gasteiger partial charge in [0.1, 0.15) is 5.75 Å². The quantitative estimate of drug-likeness (QED) is 0.607. The van der Waals surface area contributed by atoms with Crippen molar-refractivity contribution in [3.63, 3.8) is 0 Å². The van der Waals surface area contributed by atoms with E-state index >= 15 is 0 Å². The predicted molar refractivity (Wildman–Crippen MR) is 96.4 cm³/mol. The first kappa shape index (κ1) is 18.8. The molecule has 3 aromatic rings. The van der Waals surface area contributed by atoms with Crippen molar-refractivity contribution in [1.29, 1.82) is 5.26 Å². The van der Waals surface area contributed by atoms with Crippen LogP contribution in [-0.4, -0.2) is 24.3 Å². The summed E-state index contributed by atoms with van der Waals surface area (Å²) in [6.45, 7) is -0.0529. The van der Waals surface area contributed by atoms with Gasteiger partial charge in [0.2, 0.25) is 0 Å². The molecular formula is C20H18F3N3O. The number of rotatable bonds is 7. The lowest BCUT2D eigenvalue weighted by Crippen LogP contribution is -2.19. The number of nitrogens with zero attached hydrogens (tertiary/aromatic N) is 1. The van der Waals surface area contributed by atoms with Crippen molar-refractivity contribution in [3.05, 3.63) is 65.4 Å². The summed E-state index contributed by atoms with van der Waals surface area (Å²) in [5, 5.41) is 13.3. The Morgan fingerprint density at radius 1 is 1.15 bits per heavy atom. The molecule has 0 saturated heterocycles. The molecule has 0 unspecified atom stereocenters. The number of aromatic amines is 1. The molecular weight excluding hydrogens is 355 g/mol. The molecule has 0 amide bonds. The number of halogens is 3. The first-order valence-electron chi connectivity index (χ1n) is 8.44. The third-order valence-corrected chi connectivity index (χ3v) is 4.10. The van der Waals surface area contributed by atoms with Crippen LogP contribution in [0.2, 0.25) is 0 Å². The van der Waals surface area contributed by atoms with Crippen LogP contribution in [0.4, 0.5) is 13.2 Å². The summed E-state index contributed by atoms with van der Waals surface area (Å²) < 4.78 is 41.4. The van der Waals surface area contributed by atoms with E-state index in [0.29, 0.717) is 18.7 Å². The van der Waals surface area contributed by atoms with Crippen molar-refractivity contribution in [1.82, 2.24) is 10.3 Å². The summed E-state index contributed by atoms with van der Waals surface area (Å²) >= 11 is 0. The van der Waals surface area contributed by atoms with Gasteiger partial charge in [-0.15, -0.1) is 0 Å². The van der Waals surface area contributed by atoms with Crippen LogP contribution < -0.4 is 10.1 Å². The Labute approximate surface area is 154 Å². The average molecular weight is 373 g/mol. The average Bonchev–Trinajstić information content (AvgIpc) is 3.05. The Bertz CT molecular complexity index is 957. The van der Waals surface area contributed by atoms with E-state index in [1.807, 2.05) is 24.4 Å². The summed E-state index contributed by atoms with van der Waals surface area (Å²) in [5.74, 6) is 0.205. The third kappa shape index (κ3) is 5.25. The molecule has 0 bridgehead atoms. The monoisotopic (exact) mass is 373 g/mol. The first-order valence-corrected chi connectivity index (χ1v) is 8.44. The zero-order chi connectivity index (χ0) is 19.3. The maximum absolute atomic E-state index is 12.2. The van der Waals surface area contributed by atoms with Gasteiger partial charge in [0.15, 0.2) is 6.61 Å². The summed E-state index contributed by atoms with van der Waals surface area (Å²) in [6.07, 6.45) is -1.63. The number of hydrogen-bond donors (Lipinski definition) is 2. The smallest absolute Gasteiger partial charge is 0.422 e. The number of benzene rings is 2. The molecule has 0 aliphatic rings. The molecule has 27 heavy (non-hydrogen) atoms. The second kappa shape index (κ2) is 8.14. The van der Waals surface area contributed by atoms with Crippen molar-refractivity contribution >= 4 is 10.9 Å². The Morgan fingerprint density at radius 3 is 2.78 bits per heavy atom. The molecule has 140 valence electrons. The van der Waals surface area contributed by atoms with Crippen LogP contribution >= 0.6 is 0 Å². The number of H-pyrrole nitrogens is 1. The van der Waals surface area contributed by atoms with Crippen LogP contribution in [0.3, 0.4) is 0 Å². The van der Waals surface area contributed by atoms with Crippen LogP contribution in [0.5, 0.6) is 5.75 Å². The van der Waals surface area contributed by atoms with Gasteiger partial charge >= 0.3 is 6.18 Å². The van der Waals surface area contributed by atoms with E-state index in [1.54, 1.807) is 18.2 Å². The first-order chi connectivity index (χ1) is 12.9. The Kier molecular flexibility index (Phi) is 5.67. The molecule has 7 heteroatoms. The number of fused-ring (bicyclic) bond motifs is 1. The molecule has 0 radical (unpaired) electrons. The van der Waals surface area contributed by atoms with E-state index in [-0.39, 0.29) is 5.75 Å². The fourth-order valence-corrected chi connectivity index (χ4v) is 2.83. The van der Waals surface area contributed by atoms with Crippen molar-refractivity contribution < 1.29 is 17.9 Å². The molecule has 3 rings (SSSR count). The highest BCUT2D eigenvalue weighted by Crippen LogP contribution is 2.21. The molecule has 0 atom stereocenters. The van der Waals surface area contributed by atoms with Crippen molar-refractivity contribution in [2.45, 2.75) is 19.1 Å². The molecule has 0 fully saturated rings. The molecule has 2 aromatic carbocycles. The minimum Gasteiger partial charge on any atom is -0.484 e. The molecule has 2 N–H and O–H groups in total. The zero-order valence-corrected chi connectivity index (χ0v) is 14.4. The number of alkyl halides is 3. The highest BCUT2D eigenvalue weighted by Gasteiger charge is 2.28. The molecule has 0 saturated carbocycles. The van der Waals surface area contributed by atoms with Gasteiger partial charge < -0.3 is 15.0 Å². The van der Waals surface area contributed by atoms with Crippen LogP contribution in [0.25, 0.3) is 10.9 Å². The maximum atomic E-state index is 12.2. The third-order valence-electron chi connectivity index (χ3n) is 4.10. The van der Waals surface area contributed by atoms with Crippen LogP contribution in [0.15, 0.2) is 48.7 Å². The lowest BCUT2D eigenvalue weighted by Gasteiger charge is -2.10. The SMILES string of the molecule is N#Cc1ccc2c(CCNCc3cccc(OCC(F)(F)F)c3)c[nH]c2c1. The Morgan fingerprint density at radius 2 is 2.00 bits per heavy atom. The predicted octanol–water partition coefficient (Wildman–Crippen LogP) is 4.31. The van der Waals surface area contributed by atoms with Gasteiger partial charge in [-0.25, -0.2) is 0 Å². The van der Waals surface area contributed by atoms with Crippen LogP contribution in [0, 0.1) is 11.3 Å². The highest BCUT2D eigenvalue weighted by atomic mass is 19.4. The summed E-state index contributed by atoms with van der Waals surface area (Å²) in [5.41, 5.74) is 3.54. The number of hydrogen-bond acceptors (Lipinski definition) is 3. The van der Waals surface area contributed by atoms with Gasteiger partial charge in [0.05, 0.1) is 11.6 Å². The molecule has 0 aliphatic carbocycles. The van der Waals surface area contributed by atoms with Gasteiger partial charge in [-0.05, 0) is 48.4 Å². The molecule has 4 nitrogen and oxygen atoms in total. The van der Waals surface area contributed by atoms with Gasteiger partial charge in [-0.1, -0.05) is 18.2 Å². The van der Waals surface area contributed by atoms with Crippen molar-refractivity contribution in [2.75, 3.05) is 13.2 Å². The topological polar surface area (TPSA) is 60.8 Å². The molecule has 1 heterocycles. The lowest BCUT2D eigenvalue weighted by molar-refractivity contribution is -0.153. The van der Waals surface area contributed by atoms with Crippen LogP contribution in [0.1, 0.15) is 16.7 Å². The Balaban J connectivity index is 1.51. The molecule has 0 aliphatic heterocycles. The normalized spacial score (nSPS) is 11.5. The zero-order valence-electron chi connectivity index (χ0n) is 14.4. The second-order valence-corrected chi connectivity index (χ2v) is 6.16. The minimum absolute atomic E-state index is 0.205. The van der Waals surface area contributed by atoms with Gasteiger partial charge in [0, 0.05) is 23.6 Å². The van der Waals surface area contributed by atoms with E-state index < -0.39 is 12.8 Å². The van der Waals surface area contributed by atoms with E-state index in [4.69, 9.17) is 10.00 Å². The summed E-state index contributed by atoms with van der Waals surface area (Å²) in [6, 6.07) is 14.3. The van der Waals surface area contributed by atoms with Crippen LogP contribution in [-0.2, 0) is 13.0 Å². The van der Waals surface area contributed by atoms with Crippen molar-refractivity contribution in [2.24, 2.45) is 0 Å². The summed E-state index contributed by atoms with van der Waals surface area (Å²) in [4.78, 5) is 3.17. The van der Waals surface area contributed by atoms with E-state index in [2.05, 4.69) is 16.4 Å². The molecule has 1 aromatic heterocycles. The maximum Gasteiger partial charge on any atom is 0.422 e. The van der Waals surface area contributed by atoms with Gasteiger partial charge in [-0.3, -0.25) is 0 Å². The van der Waals surface area contributed by atoms with E-state index in [1.165, 1.54) is 6.07 Å². The number of ether oxygens (including phenoxy) is 1. The second-order valence-electron chi connectivity index (χ2n) is 6.16. The summed E-state index contributed by atoms with van der Waals surface area (Å²) in [7, 11) is 0. The van der Waals surface area contributed by atoms with E-state index in [0.717, 1.165) is 28.5 Å². The largest absolute Gasteiger partial charge is 0.484 e. The standard InChI is InChI=1S/C20H18F3N3O/c21-20(22,23)13-27-17-3-1-2-15(8-17)11-25-7-6-16-12-26-19-9-14(10-24)4-5-18(16)19/h1-5,8-9,12,25-26H,6-7,11,13H2. The number of nitrogens with one attached hydrogen (secondary N) is 2. The fourth-order valence-electron chi connectivity index (χ4n) is 2.83. The van der Waals surface area contributed by atoms with Gasteiger partial charge in [-0.2, -0.15) is 18.4 Å². The Hall–Kier alpha value is -2.98. The minimum atomic E-state index is -4.35. The molecule has 0 spiro atoms. The number of nitriles is 1. The lowest BCUT2D eigenvalue weighted by atomic mass is 10.1. The van der Waals surface area contributed by atoms with Gasteiger partial charge in [0.25, 0.3) is 0 Å². The highest BCUT2D eigenvalue weighted by molar-refractivity contribution is 5.84. The fraction of sp³-hybridized carbons (Fsp3) is 0.250.